The van der Waals surface area contributed by atoms with Crippen molar-refractivity contribution in [1.82, 2.24) is 0 Å². The highest BCUT2D eigenvalue weighted by Crippen LogP contribution is 2.35. The Bertz CT molecular complexity index is 516. The van der Waals surface area contributed by atoms with Gasteiger partial charge in [0.25, 0.3) is 0 Å². The zero-order chi connectivity index (χ0) is 13.1. The molecule has 0 amide bonds. The van der Waals surface area contributed by atoms with E-state index in [1.165, 1.54) is 0 Å². The third-order valence-corrected chi connectivity index (χ3v) is 3.30. The Kier molecular flexibility index (Phi) is 3.34. The van der Waals surface area contributed by atoms with Crippen LogP contribution in [0.15, 0.2) is 60.7 Å². The van der Waals surface area contributed by atoms with Crippen LogP contribution >= 0.6 is 0 Å². The number of rotatable bonds is 2. The van der Waals surface area contributed by atoms with E-state index < -0.39 is 5.79 Å². The third-order valence-electron chi connectivity index (χ3n) is 3.30. The van der Waals surface area contributed by atoms with Crippen LogP contribution in [0.25, 0.3) is 0 Å². The molecule has 2 atom stereocenters. The van der Waals surface area contributed by atoms with Crippen molar-refractivity contribution in [2.75, 3.05) is 6.61 Å². The summed E-state index contributed by atoms with van der Waals surface area (Å²) in [4.78, 5) is 11.0. The van der Waals surface area contributed by atoms with Crippen LogP contribution in [0.3, 0.4) is 0 Å². The molecular formula is C16H16O3. The quantitative estimate of drug-likeness (QED) is 0.769. The van der Waals surface area contributed by atoms with Gasteiger partial charge >= 0.3 is 0 Å². The number of benzene rings is 2. The first-order valence-corrected chi connectivity index (χ1v) is 6.37. The van der Waals surface area contributed by atoms with Crippen LogP contribution in [0.1, 0.15) is 24.2 Å². The van der Waals surface area contributed by atoms with E-state index in [1.807, 2.05) is 67.6 Å². The molecule has 0 N–H and O–H groups in total. The highest BCUT2D eigenvalue weighted by atomic mass is 17.2. The summed E-state index contributed by atoms with van der Waals surface area (Å²) in [6, 6.07) is 19.7. The monoisotopic (exact) mass is 256 g/mol. The second-order valence-electron chi connectivity index (χ2n) is 4.70. The molecule has 19 heavy (non-hydrogen) atoms. The van der Waals surface area contributed by atoms with Gasteiger partial charge in [0.05, 0.1) is 6.61 Å². The molecule has 1 heterocycles. The molecule has 3 rings (SSSR count). The second kappa shape index (κ2) is 5.13. The van der Waals surface area contributed by atoms with Crippen molar-refractivity contribution in [3.8, 4) is 0 Å². The zero-order valence-corrected chi connectivity index (χ0v) is 10.8. The summed E-state index contributed by atoms with van der Waals surface area (Å²) in [5.41, 5.74) is 2.00. The second-order valence-corrected chi connectivity index (χ2v) is 4.70. The molecule has 1 fully saturated rings. The Balaban J connectivity index is 1.73. The summed E-state index contributed by atoms with van der Waals surface area (Å²) < 4.78 is 5.87. The van der Waals surface area contributed by atoms with Crippen LogP contribution in [0.2, 0.25) is 0 Å². The molecule has 1 saturated heterocycles. The fraction of sp³-hybridized carbons (Fsp3) is 0.250. The van der Waals surface area contributed by atoms with Gasteiger partial charge in [-0.15, -0.1) is 0 Å². The number of hydrogen-bond acceptors (Lipinski definition) is 3. The minimum atomic E-state index is -0.841. The highest BCUT2D eigenvalue weighted by molar-refractivity contribution is 5.21. The van der Waals surface area contributed by atoms with E-state index >= 15 is 0 Å². The predicted molar refractivity (Wildman–Crippen MR) is 71.1 cm³/mol. The lowest BCUT2D eigenvalue weighted by Crippen LogP contribution is -2.37. The summed E-state index contributed by atoms with van der Waals surface area (Å²) in [5, 5.41) is 0. The van der Waals surface area contributed by atoms with Gasteiger partial charge in [-0.2, -0.15) is 4.89 Å². The lowest BCUT2D eigenvalue weighted by Gasteiger charge is -2.36. The van der Waals surface area contributed by atoms with Gasteiger partial charge in [0.15, 0.2) is 0 Å². The summed E-state index contributed by atoms with van der Waals surface area (Å²) in [6.45, 7) is 2.33. The molecule has 0 bridgehead atoms. The average molecular weight is 256 g/mol. The summed E-state index contributed by atoms with van der Waals surface area (Å²) in [6.07, 6.45) is -0.182. The molecule has 1 aliphatic heterocycles. The van der Waals surface area contributed by atoms with E-state index in [0.717, 1.165) is 11.1 Å². The van der Waals surface area contributed by atoms with Gasteiger partial charge in [-0.25, -0.2) is 4.89 Å². The Morgan fingerprint density at radius 2 is 1.58 bits per heavy atom. The molecule has 2 aromatic carbocycles. The third kappa shape index (κ3) is 2.54. The number of hydrogen-bond donors (Lipinski definition) is 0. The normalized spacial score (nSPS) is 27.1. The van der Waals surface area contributed by atoms with Crippen LogP contribution in [0, 0.1) is 0 Å². The first kappa shape index (κ1) is 12.4. The van der Waals surface area contributed by atoms with Gasteiger partial charge in [-0.3, -0.25) is 0 Å². The average Bonchev–Trinajstić information content (AvgIpc) is 2.50. The van der Waals surface area contributed by atoms with Gasteiger partial charge in [0, 0.05) is 5.56 Å². The molecule has 2 aromatic rings. The van der Waals surface area contributed by atoms with Crippen LogP contribution in [-0.4, -0.2) is 6.61 Å². The maximum atomic E-state index is 5.87. The lowest BCUT2D eigenvalue weighted by atomic mass is 10.1. The first-order valence-electron chi connectivity index (χ1n) is 6.37. The predicted octanol–water partition coefficient (Wildman–Crippen LogP) is 3.58. The molecule has 0 spiro atoms. The van der Waals surface area contributed by atoms with Crippen LogP contribution in [0.4, 0.5) is 0 Å². The Hall–Kier alpha value is -1.68. The van der Waals surface area contributed by atoms with Crippen LogP contribution in [-0.2, 0) is 20.3 Å². The van der Waals surface area contributed by atoms with E-state index in [0.29, 0.717) is 6.61 Å². The molecule has 0 saturated carbocycles. The fourth-order valence-corrected chi connectivity index (χ4v) is 2.13. The molecular weight excluding hydrogens is 240 g/mol. The van der Waals surface area contributed by atoms with Crippen molar-refractivity contribution in [1.29, 1.82) is 0 Å². The lowest BCUT2D eigenvalue weighted by molar-refractivity contribution is -0.492. The Morgan fingerprint density at radius 1 is 0.947 bits per heavy atom. The van der Waals surface area contributed by atoms with Gasteiger partial charge in [0.1, 0.15) is 6.10 Å². The van der Waals surface area contributed by atoms with E-state index in [4.69, 9.17) is 14.5 Å². The summed E-state index contributed by atoms with van der Waals surface area (Å²) in [5.74, 6) is -0.841. The van der Waals surface area contributed by atoms with Crippen molar-refractivity contribution < 1.29 is 14.5 Å². The maximum absolute atomic E-state index is 5.87. The molecule has 98 valence electrons. The first-order chi connectivity index (χ1) is 9.28. The van der Waals surface area contributed by atoms with E-state index in [9.17, 15) is 0 Å². The molecule has 3 heteroatoms. The molecule has 0 aromatic heterocycles. The topological polar surface area (TPSA) is 27.7 Å². The van der Waals surface area contributed by atoms with Crippen molar-refractivity contribution in [3.63, 3.8) is 0 Å². The summed E-state index contributed by atoms with van der Waals surface area (Å²) in [7, 11) is 0. The Morgan fingerprint density at radius 3 is 2.16 bits per heavy atom. The smallest absolute Gasteiger partial charge is 0.225 e. The van der Waals surface area contributed by atoms with Gasteiger partial charge < -0.3 is 4.74 Å². The molecule has 0 aliphatic carbocycles. The molecule has 3 nitrogen and oxygen atoms in total. The van der Waals surface area contributed by atoms with Crippen molar-refractivity contribution in [2.24, 2.45) is 0 Å². The van der Waals surface area contributed by atoms with Gasteiger partial charge in [-0.05, 0) is 12.5 Å². The molecule has 2 unspecified atom stereocenters. The number of ether oxygens (including phenoxy) is 1. The van der Waals surface area contributed by atoms with Gasteiger partial charge in [0.2, 0.25) is 5.79 Å². The van der Waals surface area contributed by atoms with Gasteiger partial charge in [-0.1, -0.05) is 60.7 Å². The molecule has 0 radical (unpaired) electrons. The van der Waals surface area contributed by atoms with E-state index in [-0.39, 0.29) is 6.10 Å². The fourth-order valence-electron chi connectivity index (χ4n) is 2.13. The minimum absolute atomic E-state index is 0.182. The van der Waals surface area contributed by atoms with Crippen LogP contribution < -0.4 is 0 Å². The van der Waals surface area contributed by atoms with E-state index in [2.05, 4.69) is 0 Å². The zero-order valence-electron chi connectivity index (χ0n) is 10.8. The minimum Gasteiger partial charge on any atom is -0.341 e. The summed E-state index contributed by atoms with van der Waals surface area (Å²) >= 11 is 0. The molecule has 1 aliphatic rings. The van der Waals surface area contributed by atoms with Crippen molar-refractivity contribution in [2.45, 2.75) is 18.8 Å². The SMILES string of the molecule is CC1(c2ccccc2)OCC(c2ccccc2)OO1. The highest BCUT2D eigenvalue weighted by Gasteiger charge is 2.37. The van der Waals surface area contributed by atoms with Crippen molar-refractivity contribution >= 4 is 0 Å². The van der Waals surface area contributed by atoms with Crippen LogP contribution in [0.5, 0.6) is 0 Å². The Labute approximate surface area is 112 Å². The van der Waals surface area contributed by atoms with Crippen molar-refractivity contribution in [3.05, 3.63) is 71.8 Å². The van der Waals surface area contributed by atoms with E-state index in [1.54, 1.807) is 0 Å². The maximum Gasteiger partial charge on any atom is 0.225 e. The standard InChI is InChI=1S/C16H16O3/c1-16(14-10-6-3-7-11-14)17-12-15(18-19-16)13-8-4-2-5-9-13/h2-11,15H,12H2,1H3. The largest absolute Gasteiger partial charge is 0.341 e.